The van der Waals surface area contributed by atoms with Gasteiger partial charge in [0.25, 0.3) is 11.6 Å². The maximum Gasteiger partial charge on any atom is 0.331 e. The van der Waals surface area contributed by atoms with Gasteiger partial charge in [-0.2, -0.15) is 0 Å². The standard InChI is InChI=1S/C18H20N2O8/c1-11-7-19(8-12(2)28-11)17(21)9-25-18(22)4-3-13-5-15-16(27-10-26-15)6-14(13)20(23)24/h3-6,11-12H,7-10H2,1-2H3/b4-3+/t11-,12+. The lowest BCUT2D eigenvalue weighted by Crippen LogP contribution is -2.49. The van der Waals surface area contributed by atoms with E-state index in [1.165, 1.54) is 18.2 Å². The van der Waals surface area contributed by atoms with Crippen molar-refractivity contribution in [3.05, 3.63) is 33.9 Å². The first-order chi connectivity index (χ1) is 13.3. The lowest BCUT2D eigenvalue weighted by Gasteiger charge is -2.35. The lowest BCUT2D eigenvalue weighted by atomic mass is 10.1. The molecule has 1 amide bonds. The first-order valence-corrected chi connectivity index (χ1v) is 8.69. The number of rotatable bonds is 5. The quantitative estimate of drug-likeness (QED) is 0.320. The molecule has 1 fully saturated rings. The number of morpholine rings is 1. The zero-order valence-corrected chi connectivity index (χ0v) is 15.5. The number of esters is 1. The summed E-state index contributed by atoms with van der Waals surface area (Å²) in [7, 11) is 0. The summed E-state index contributed by atoms with van der Waals surface area (Å²) in [4.78, 5) is 36.3. The largest absolute Gasteiger partial charge is 0.454 e. The predicted molar refractivity (Wildman–Crippen MR) is 95.8 cm³/mol. The molecule has 28 heavy (non-hydrogen) atoms. The van der Waals surface area contributed by atoms with Gasteiger partial charge in [0.05, 0.1) is 28.8 Å². The molecular weight excluding hydrogens is 372 g/mol. The van der Waals surface area contributed by atoms with Gasteiger partial charge in [0, 0.05) is 19.2 Å². The number of nitro groups is 1. The summed E-state index contributed by atoms with van der Waals surface area (Å²) >= 11 is 0. The van der Waals surface area contributed by atoms with E-state index >= 15 is 0 Å². The number of carbonyl (C=O) groups is 2. The van der Waals surface area contributed by atoms with Crippen LogP contribution in [-0.4, -0.2) is 60.4 Å². The van der Waals surface area contributed by atoms with Crippen LogP contribution in [0.1, 0.15) is 19.4 Å². The minimum Gasteiger partial charge on any atom is -0.454 e. The van der Waals surface area contributed by atoms with Gasteiger partial charge in [0.1, 0.15) is 0 Å². The molecule has 10 heteroatoms. The SMILES string of the molecule is C[C@@H]1CN(C(=O)COC(=O)/C=C/c2cc3c(cc2[N+](=O)[O-])OCO3)C[C@H](C)O1. The number of fused-ring (bicyclic) bond motifs is 1. The van der Waals surface area contributed by atoms with E-state index in [2.05, 4.69) is 0 Å². The zero-order valence-electron chi connectivity index (χ0n) is 15.5. The van der Waals surface area contributed by atoms with Crippen LogP contribution < -0.4 is 9.47 Å². The van der Waals surface area contributed by atoms with E-state index < -0.39 is 17.5 Å². The van der Waals surface area contributed by atoms with E-state index in [-0.39, 0.29) is 41.9 Å². The molecule has 0 aromatic heterocycles. The first-order valence-electron chi connectivity index (χ1n) is 8.69. The predicted octanol–water partition coefficient (Wildman–Crippen LogP) is 1.52. The van der Waals surface area contributed by atoms with E-state index in [1.54, 1.807) is 4.90 Å². The Morgan fingerprint density at radius 2 is 1.89 bits per heavy atom. The van der Waals surface area contributed by atoms with Gasteiger partial charge in [0.2, 0.25) is 6.79 Å². The number of ether oxygens (including phenoxy) is 4. The van der Waals surface area contributed by atoms with Crippen molar-refractivity contribution in [2.24, 2.45) is 0 Å². The second-order valence-corrected chi connectivity index (χ2v) is 6.52. The van der Waals surface area contributed by atoms with Crippen LogP contribution >= 0.6 is 0 Å². The molecule has 3 rings (SSSR count). The molecule has 0 saturated carbocycles. The third kappa shape index (κ3) is 4.58. The Hall–Kier alpha value is -3.14. The molecule has 150 valence electrons. The van der Waals surface area contributed by atoms with Crippen molar-refractivity contribution in [3.8, 4) is 11.5 Å². The summed E-state index contributed by atoms with van der Waals surface area (Å²) in [5.41, 5.74) is -0.0750. The number of amides is 1. The van der Waals surface area contributed by atoms with E-state index in [0.29, 0.717) is 18.8 Å². The molecule has 0 aliphatic carbocycles. The van der Waals surface area contributed by atoms with Crippen LogP contribution in [0, 0.1) is 10.1 Å². The topological polar surface area (TPSA) is 117 Å². The highest BCUT2D eigenvalue weighted by atomic mass is 16.7. The number of carbonyl (C=O) groups excluding carboxylic acids is 2. The number of nitrogens with zero attached hydrogens (tertiary/aromatic N) is 2. The van der Waals surface area contributed by atoms with Crippen molar-refractivity contribution in [3.63, 3.8) is 0 Å². The average molecular weight is 392 g/mol. The summed E-state index contributed by atoms with van der Waals surface area (Å²) in [5.74, 6) is -0.483. The highest BCUT2D eigenvalue weighted by Gasteiger charge is 2.26. The van der Waals surface area contributed by atoms with Gasteiger partial charge in [0.15, 0.2) is 18.1 Å². The average Bonchev–Trinajstić information content (AvgIpc) is 3.10. The van der Waals surface area contributed by atoms with Crippen LogP contribution in [0.25, 0.3) is 6.08 Å². The normalized spacial score (nSPS) is 21.0. The van der Waals surface area contributed by atoms with E-state index in [1.807, 2.05) is 13.8 Å². The van der Waals surface area contributed by atoms with Crippen LogP contribution in [0.4, 0.5) is 5.69 Å². The van der Waals surface area contributed by atoms with E-state index in [9.17, 15) is 19.7 Å². The molecule has 0 radical (unpaired) electrons. The van der Waals surface area contributed by atoms with Crippen LogP contribution in [0.5, 0.6) is 11.5 Å². The van der Waals surface area contributed by atoms with Gasteiger partial charge in [-0.1, -0.05) is 0 Å². The van der Waals surface area contributed by atoms with Crippen molar-refractivity contribution >= 4 is 23.6 Å². The third-order valence-corrected chi connectivity index (χ3v) is 4.23. The highest BCUT2D eigenvalue weighted by molar-refractivity contribution is 5.90. The fourth-order valence-electron chi connectivity index (χ4n) is 3.05. The molecule has 1 aromatic rings. The molecule has 2 heterocycles. The molecule has 2 aliphatic rings. The Morgan fingerprint density at radius 3 is 2.54 bits per heavy atom. The van der Waals surface area contributed by atoms with Gasteiger partial charge in [-0.3, -0.25) is 14.9 Å². The first kappa shape index (κ1) is 19.6. The second-order valence-electron chi connectivity index (χ2n) is 6.52. The fourth-order valence-corrected chi connectivity index (χ4v) is 3.05. The van der Waals surface area contributed by atoms with Crippen LogP contribution in [-0.2, 0) is 19.1 Å². The molecule has 1 saturated heterocycles. The fraction of sp³-hybridized carbons (Fsp3) is 0.444. The molecule has 0 bridgehead atoms. The molecule has 2 aliphatic heterocycles. The zero-order chi connectivity index (χ0) is 20.3. The van der Waals surface area contributed by atoms with Gasteiger partial charge >= 0.3 is 5.97 Å². The minimum absolute atomic E-state index is 0.0252. The minimum atomic E-state index is -0.783. The second kappa shape index (κ2) is 8.26. The van der Waals surface area contributed by atoms with Crippen molar-refractivity contribution in [2.45, 2.75) is 26.1 Å². The molecule has 10 nitrogen and oxygen atoms in total. The van der Waals surface area contributed by atoms with Crippen molar-refractivity contribution in [1.29, 1.82) is 0 Å². The van der Waals surface area contributed by atoms with Crippen LogP contribution in [0.15, 0.2) is 18.2 Å². The van der Waals surface area contributed by atoms with Gasteiger partial charge in [-0.25, -0.2) is 4.79 Å². The van der Waals surface area contributed by atoms with Crippen molar-refractivity contribution in [2.75, 3.05) is 26.5 Å². The third-order valence-electron chi connectivity index (χ3n) is 4.23. The molecular formula is C18H20N2O8. The Morgan fingerprint density at radius 1 is 1.25 bits per heavy atom. The Balaban J connectivity index is 1.60. The monoisotopic (exact) mass is 392 g/mol. The van der Waals surface area contributed by atoms with E-state index in [0.717, 1.165) is 6.08 Å². The van der Waals surface area contributed by atoms with Crippen LogP contribution in [0.3, 0.4) is 0 Å². The lowest BCUT2D eigenvalue weighted by molar-refractivity contribution is -0.385. The number of hydrogen-bond donors (Lipinski definition) is 0. The van der Waals surface area contributed by atoms with Gasteiger partial charge in [-0.05, 0) is 26.0 Å². The highest BCUT2D eigenvalue weighted by Crippen LogP contribution is 2.38. The summed E-state index contributed by atoms with van der Waals surface area (Å²) < 4.78 is 20.8. The number of hydrogen-bond acceptors (Lipinski definition) is 8. The Labute approximate surface area is 160 Å². The van der Waals surface area contributed by atoms with Gasteiger partial charge < -0.3 is 23.8 Å². The molecule has 2 atom stereocenters. The Kier molecular flexibility index (Phi) is 5.78. The number of benzene rings is 1. The Bertz CT molecular complexity index is 812. The van der Waals surface area contributed by atoms with Crippen molar-refractivity contribution in [1.82, 2.24) is 4.90 Å². The molecule has 0 spiro atoms. The van der Waals surface area contributed by atoms with Gasteiger partial charge in [-0.15, -0.1) is 0 Å². The molecule has 0 N–H and O–H groups in total. The molecule has 1 aromatic carbocycles. The summed E-state index contributed by atoms with van der Waals surface area (Å²) in [5, 5.41) is 11.2. The van der Waals surface area contributed by atoms with Crippen molar-refractivity contribution < 1.29 is 33.5 Å². The summed E-state index contributed by atoms with van der Waals surface area (Å²) in [6.07, 6.45) is 2.10. The molecule has 0 unspecified atom stereocenters. The smallest absolute Gasteiger partial charge is 0.331 e. The van der Waals surface area contributed by atoms with E-state index in [4.69, 9.17) is 18.9 Å². The summed E-state index contributed by atoms with van der Waals surface area (Å²) in [6, 6.07) is 2.64. The maximum atomic E-state index is 12.2. The number of nitro benzene ring substituents is 1. The van der Waals surface area contributed by atoms with Crippen LogP contribution in [0.2, 0.25) is 0 Å². The maximum absolute atomic E-state index is 12.2. The summed E-state index contributed by atoms with van der Waals surface area (Å²) in [6.45, 7) is 4.15.